The monoisotopic (exact) mass is 397 g/mol. The highest BCUT2D eigenvalue weighted by molar-refractivity contribution is 7.99. The minimum atomic E-state index is -0.0395. The summed E-state index contributed by atoms with van der Waals surface area (Å²) >= 11 is 1.26. The normalized spacial score (nSPS) is 16.0. The van der Waals surface area contributed by atoms with Crippen LogP contribution in [0.15, 0.2) is 35.5 Å². The Kier molecular flexibility index (Phi) is 5.08. The summed E-state index contributed by atoms with van der Waals surface area (Å²) in [7, 11) is 0. The first-order valence-electron chi connectivity index (χ1n) is 9.27. The maximum atomic E-state index is 12.5. The lowest BCUT2D eigenvalue weighted by atomic mass is 9.88. The Morgan fingerprint density at radius 1 is 1.32 bits per heavy atom. The number of aromatic nitrogens is 5. The van der Waals surface area contributed by atoms with Crippen molar-refractivity contribution in [2.24, 2.45) is 0 Å². The zero-order chi connectivity index (χ0) is 19.7. The van der Waals surface area contributed by atoms with Crippen LogP contribution in [0.2, 0.25) is 0 Å². The Bertz CT molecular complexity index is 1010. The highest BCUT2D eigenvalue weighted by Gasteiger charge is 2.22. The average Bonchev–Trinajstić information content (AvgIpc) is 3.21. The topological polar surface area (TPSA) is 104 Å². The number of fused-ring (bicyclic) bond motifs is 1. The van der Waals surface area contributed by atoms with E-state index < -0.39 is 0 Å². The number of nitrogens with zero attached hydrogens (tertiary/aromatic N) is 5. The Hall–Kier alpha value is -2.81. The molecule has 0 spiro atoms. The standard InChI is InChI=1S/C19H23N7OS/c1-12-10-13(2)26(24-12)18-22-23-19(25(18)20)28-11-17(27)21-16-9-5-7-14-6-3-4-8-15(14)16/h3-4,6,8,10,16H,5,7,9,11,20H2,1-2H3,(H,21,27). The van der Waals surface area contributed by atoms with Gasteiger partial charge in [0.2, 0.25) is 11.1 Å². The molecule has 4 rings (SSSR count). The average molecular weight is 398 g/mol. The van der Waals surface area contributed by atoms with Crippen molar-refractivity contribution < 1.29 is 4.79 Å². The molecule has 2 heterocycles. The van der Waals surface area contributed by atoms with E-state index in [0.717, 1.165) is 30.7 Å². The van der Waals surface area contributed by atoms with Crippen molar-refractivity contribution in [2.75, 3.05) is 11.6 Å². The molecule has 3 N–H and O–H groups in total. The molecular formula is C19H23N7OS. The van der Waals surface area contributed by atoms with Gasteiger partial charge in [-0.3, -0.25) is 4.79 Å². The second kappa shape index (κ2) is 7.67. The summed E-state index contributed by atoms with van der Waals surface area (Å²) in [4.78, 5) is 12.5. The highest BCUT2D eigenvalue weighted by Crippen LogP contribution is 2.29. The van der Waals surface area contributed by atoms with Gasteiger partial charge in [-0.2, -0.15) is 5.10 Å². The van der Waals surface area contributed by atoms with E-state index in [1.54, 1.807) is 4.68 Å². The Morgan fingerprint density at radius 3 is 2.93 bits per heavy atom. The number of aryl methyl sites for hydroxylation is 3. The van der Waals surface area contributed by atoms with Gasteiger partial charge in [-0.1, -0.05) is 36.0 Å². The van der Waals surface area contributed by atoms with Gasteiger partial charge in [0.15, 0.2) is 0 Å². The van der Waals surface area contributed by atoms with Crippen molar-refractivity contribution in [3.8, 4) is 5.95 Å². The van der Waals surface area contributed by atoms with Crippen molar-refractivity contribution in [1.29, 1.82) is 0 Å². The molecule has 1 atom stereocenters. The van der Waals surface area contributed by atoms with E-state index in [9.17, 15) is 4.79 Å². The van der Waals surface area contributed by atoms with E-state index in [0.29, 0.717) is 11.1 Å². The molecule has 28 heavy (non-hydrogen) atoms. The van der Waals surface area contributed by atoms with E-state index >= 15 is 0 Å². The molecular weight excluding hydrogens is 374 g/mol. The van der Waals surface area contributed by atoms with Crippen molar-refractivity contribution in [1.82, 2.24) is 30.0 Å². The molecule has 0 aliphatic heterocycles. The summed E-state index contributed by atoms with van der Waals surface area (Å²) in [5, 5.41) is 16.2. The Morgan fingerprint density at radius 2 is 2.14 bits per heavy atom. The van der Waals surface area contributed by atoms with Crippen molar-refractivity contribution in [3.05, 3.63) is 52.8 Å². The second-order valence-corrected chi connectivity index (χ2v) is 7.93. The highest BCUT2D eigenvalue weighted by atomic mass is 32.2. The van der Waals surface area contributed by atoms with Crippen LogP contribution in [0.1, 0.15) is 41.4 Å². The molecule has 1 unspecified atom stereocenters. The summed E-state index contributed by atoms with van der Waals surface area (Å²) in [6, 6.07) is 10.3. The van der Waals surface area contributed by atoms with Crippen LogP contribution in [0.3, 0.4) is 0 Å². The number of rotatable bonds is 5. The number of carbonyl (C=O) groups is 1. The summed E-state index contributed by atoms with van der Waals surface area (Å²) in [5.74, 6) is 6.74. The number of thioether (sulfide) groups is 1. The third-order valence-electron chi connectivity index (χ3n) is 4.88. The number of amides is 1. The van der Waals surface area contributed by atoms with Gasteiger partial charge >= 0.3 is 0 Å². The van der Waals surface area contributed by atoms with Gasteiger partial charge < -0.3 is 11.2 Å². The number of hydrogen-bond acceptors (Lipinski definition) is 6. The quantitative estimate of drug-likeness (QED) is 0.505. The molecule has 1 aliphatic rings. The van der Waals surface area contributed by atoms with Crippen molar-refractivity contribution in [3.63, 3.8) is 0 Å². The minimum Gasteiger partial charge on any atom is -0.349 e. The van der Waals surface area contributed by atoms with E-state index in [1.165, 1.54) is 27.6 Å². The van der Waals surface area contributed by atoms with E-state index in [2.05, 4.69) is 32.7 Å². The van der Waals surface area contributed by atoms with Crippen LogP contribution in [0.4, 0.5) is 0 Å². The molecule has 0 saturated heterocycles. The molecule has 2 aromatic heterocycles. The van der Waals surface area contributed by atoms with E-state index in [4.69, 9.17) is 5.84 Å². The predicted octanol–water partition coefficient (Wildman–Crippen LogP) is 2.08. The molecule has 9 heteroatoms. The molecule has 146 valence electrons. The molecule has 0 bridgehead atoms. The number of carbonyl (C=O) groups excluding carboxylic acids is 1. The van der Waals surface area contributed by atoms with E-state index in [1.807, 2.05) is 32.0 Å². The lowest BCUT2D eigenvalue weighted by molar-refractivity contribution is -0.119. The lowest BCUT2D eigenvalue weighted by Crippen LogP contribution is -2.32. The fraction of sp³-hybridized carbons (Fsp3) is 0.368. The zero-order valence-electron chi connectivity index (χ0n) is 15.9. The van der Waals surface area contributed by atoms with Crippen LogP contribution in [0.25, 0.3) is 5.95 Å². The fourth-order valence-corrected chi connectivity index (χ4v) is 4.28. The summed E-state index contributed by atoms with van der Waals surface area (Å²) in [6.07, 6.45) is 3.11. The number of nitrogens with one attached hydrogen (secondary N) is 1. The van der Waals surface area contributed by atoms with Crippen LogP contribution >= 0.6 is 11.8 Å². The molecule has 0 radical (unpaired) electrons. The first-order chi connectivity index (χ1) is 13.5. The van der Waals surface area contributed by atoms with Gasteiger partial charge in [-0.05, 0) is 50.3 Å². The van der Waals surface area contributed by atoms with Crippen LogP contribution in [0.5, 0.6) is 0 Å². The third kappa shape index (κ3) is 3.62. The summed E-state index contributed by atoms with van der Waals surface area (Å²) in [6.45, 7) is 3.83. The Balaban J connectivity index is 1.40. The van der Waals surface area contributed by atoms with Crippen LogP contribution in [-0.4, -0.2) is 36.3 Å². The molecule has 1 aliphatic carbocycles. The Labute approximate surface area is 167 Å². The van der Waals surface area contributed by atoms with Crippen LogP contribution in [0, 0.1) is 13.8 Å². The summed E-state index contributed by atoms with van der Waals surface area (Å²) < 4.78 is 3.01. The first kappa shape index (κ1) is 18.5. The molecule has 1 amide bonds. The largest absolute Gasteiger partial charge is 0.349 e. The zero-order valence-corrected chi connectivity index (χ0v) is 16.7. The number of nitrogens with two attached hydrogens (primary N) is 1. The molecule has 8 nitrogen and oxygen atoms in total. The molecule has 0 fully saturated rings. The molecule has 3 aromatic rings. The van der Waals surface area contributed by atoms with Crippen molar-refractivity contribution in [2.45, 2.75) is 44.3 Å². The van der Waals surface area contributed by atoms with Gasteiger partial charge in [0.1, 0.15) is 0 Å². The maximum Gasteiger partial charge on any atom is 0.271 e. The van der Waals surface area contributed by atoms with Gasteiger partial charge in [-0.15, -0.1) is 10.2 Å². The van der Waals surface area contributed by atoms with Crippen LogP contribution in [-0.2, 0) is 11.2 Å². The third-order valence-corrected chi connectivity index (χ3v) is 5.83. The number of hydrogen-bond donors (Lipinski definition) is 2. The summed E-state index contributed by atoms with van der Waals surface area (Å²) in [5.41, 5.74) is 4.34. The number of benzene rings is 1. The van der Waals surface area contributed by atoms with Gasteiger partial charge in [0.25, 0.3) is 5.95 Å². The smallest absolute Gasteiger partial charge is 0.271 e. The molecule has 1 aromatic carbocycles. The number of nitrogen functional groups attached to an aromatic ring is 1. The van der Waals surface area contributed by atoms with Gasteiger partial charge in [0.05, 0.1) is 17.5 Å². The SMILES string of the molecule is Cc1cc(C)n(-c2nnc(SCC(=O)NC3CCCc4ccccc43)n2N)n1. The van der Waals surface area contributed by atoms with Gasteiger partial charge in [-0.25, -0.2) is 9.36 Å². The predicted molar refractivity (Wildman–Crippen MR) is 108 cm³/mol. The first-order valence-corrected chi connectivity index (χ1v) is 10.3. The van der Waals surface area contributed by atoms with Crippen LogP contribution < -0.4 is 11.2 Å². The second-order valence-electron chi connectivity index (χ2n) is 6.99. The van der Waals surface area contributed by atoms with E-state index in [-0.39, 0.29) is 17.7 Å². The lowest BCUT2D eigenvalue weighted by Gasteiger charge is -2.26. The van der Waals surface area contributed by atoms with Gasteiger partial charge in [0, 0.05) is 5.69 Å². The maximum absolute atomic E-state index is 12.5. The molecule has 0 saturated carbocycles. The fourth-order valence-electron chi connectivity index (χ4n) is 3.61. The van der Waals surface area contributed by atoms with Crippen molar-refractivity contribution >= 4 is 17.7 Å². The minimum absolute atomic E-state index is 0.0395.